The van der Waals surface area contributed by atoms with Crippen LogP contribution in [0.2, 0.25) is 5.02 Å². The van der Waals surface area contributed by atoms with Gasteiger partial charge in [-0.15, -0.1) is 0 Å². The van der Waals surface area contributed by atoms with Crippen LogP contribution < -0.4 is 10.1 Å². The molecule has 1 aliphatic heterocycles. The third-order valence-electron chi connectivity index (χ3n) is 5.01. The van der Waals surface area contributed by atoms with Gasteiger partial charge in [-0.05, 0) is 43.7 Å². The smallest absolute Gasteiger partial charge is 0.317 e. The molecule has 1 heterocycles. The Morgan fingerprint density at radius 3 is 2.59 bits per heavy atom. The van der Waals surface area contributed by atoms with Gasteiger partial charge in [0.25, 0.3) is 5.91 Å². The molecule has 0 atom stereocenters. The number of carbonyl (C=O) groups is 2. The first kappa shape index (κ1) is 21.0. The van der Waals surface area contributed by atoms with Crippen molar-refractivity contribution in [2.75, 3.05) is 33.3 Å². The lowest BCUT2D eigenvalue weighted by molar-refractivity contribution is 0.0762. The fourth-order valence-corrected chi connectivity index (χ4v) is 3.65. The maximum atomic E-state index is 12.8. The quantitative estimate of drug-likeness (QED) is 0.827. The van der Waals surface area contributed by atoms with Gasteiger partial charge in [0.2, 0.25) is 0 Å². The van der Waals surface area contributed by atoms with Crippen molar-refractivity contribution in [3.05, 3.63) is 64.2 Å². The highest BCUT2D eigenvalue weighted by molar-refractivity contribution is 6.30. The van der Waals surface area contributed by atoms with Crippen molar-refractivity contribution in [2.24, 2.45) is 0 Å². The van der Waals surface area contributed by atoms with Crippen LogP contribution in [0.15, 0.2) is 42.5 Å². The summed E-state index contributed by atoms with van der Waals surface area (Å²) >= 11 is 6.05. The topological polar surface area (TPSA) is 61.9 Å². The number of benzene rings is 2. The average molecular weight is 416 g/mol. The van der Waals surface area contributed by atoms with Crippen LogP contribution in [0.25, 0.3) is 0 Å². The van der Waals surface area contributed by atoms with Crippen LogP contribution in [0.5, 0.6) is 5.75 Å². The summed E-state index contributed by atoms with van der Waals surface area (Å²) in [6, 6.07) is 12.8. The summed E-state index contributed by atoms with van der Waals surface area (Å²) in [6.45, 7) is 4.55. The molecule has 0 aromatic heterocycles. The largest absolute Gasteiger partial charge is 0.496 e. The maximum absolute atomic E-state index is 12.8. The number of urea groups is 1. The molecule has 0 bridgehead atoms. The van der Waals surface area contributed by atoms with Crippen LogP contribution in [0.3, 0.4) is 0 Å². The molecule has 0 spiro atoms. The van der Waals surface area contributed by atoms with Crippen LogP contribution in [0, 0.1) is 6.92 Å². The van der Waals surface area contributed by atoms with Crippen LogP contribution in [-0.4, -0.2) is 55.0 Å². The zero-order valence-corrected chi connectivity index (χ0v) is 17.5. The zero-order chi connectivity index (χ0) is 20.8. The number of carbonyl (C=O) groups excluding carboxylic acids is 2. The molecule has 1 aliphatic rings. The molecule has 1 saturated heterocycles. The maximum Gasteiger partial charge on any atom is 0.317 e. The molecular formula is C22H26ClN3O3. The lowest BCUT2D eigenvalue weighted by Gasteiger charge is -2.23. The molecule has 0 saturated carbocycles. The molecule has 1 N–H and O–H groups in total. The molecule has 29 heavy (non-hydrogen) atoms. The second-order valence-corrected chi connectivity index (χ2v) is 7.55. The highest BCUT2D eigenvalue weighted by atomic mass is 35.5. The molecule has 3 amide bonds. The highest BCUT2D eigenvalue weighted by Gasteiger charge is 2.23. The minimum Gasteiger partial charge on any atom is -0.496 e. The van der Waals surface area contributed by atoms with Crippen molar-refractivity contribution in [3.63, 3.8) is 0 Å². The van der Waals surface area contributed by atoms with Crippen molar-refractivity contribution < 1.29 is 14.3 Å². The van der Waals surface area contributed by atoms with Crippen molar-refractivity contribution in [1.29, 1.82) is 0 Å². The number of hydrogen-bond donors (Lipinski definition) is 1. The Hall–Kier alpha value is -2.73. The van der Waals surface area contributed by atoms with Crippen LogP contribution >= 0.6 is 11.6 Å². The van der Waals surface area contributed by atoms with E-state index in [1.54, 1.807) is 30.2 Å². The van der Waals surface area contributed by atoms with E-state index in [-0.39, 0.29) is 11.9 Å². The number of amides is 3. The minimum absolute atomic E-state index is 0.0135. The van der Waals surface area contributed by atoms with E-state index in [9.17, 15) is 9.59 Å². The summed E-state index contributed by atoms with van der Waals surface area (Å²) in [7, 11) is 1.59. The third kappa shape index (κ3) is 5.41. The van der Waals surface area contributed by atoms with Crippen molar-refractivity contribution in [1.82, 2.24) is 15.1 Å². The third-order valence-corrected chi connectivity index (χ3v) is 5.24. The Balaban J connectivity index is 1.57. The summed E-state index contributed by atoms with van der Waals surface area (Å²) < 4.78 is 5.32. The molecule has 2 aromatic rings. The minimum atomic E-state index is -0.156. The normalized spacial score (nSPS) is 14.3. The molecular weight excluding hydrogens is 390 g/mol. The summed E-state index contributed by atoms with van der Waals surface area (Å²) in [4.78, 5) is 29.0. The summed E-state index contributed by atoms with van der Waals surface area (Å²) in [5.41, 5.74) is 2.57. The molecule has 154 valence electrons. The Morgan fingerprint density at radius 1 is 1.07 bits per heavy atom. The molecule has 0 radical (unpaired) electrons. The monoisotopic (exact) mass is 415 g/mol. The van der Waals surface area contributed by atoms with E-state index >= 15 is 0 Å². The van der Waals surface area contributed by atoms with Crippen molar-refractivity contribution in [2.45, 2.75) is 19.9 Å². The molecule has 7 heteroatoms. The van der Waals surface area contributed by atoms with Gasteiger partial charge in [-0.3, -0.25) is 4.79 Å². The van der Waals surface area contributed by atoms with Gasteiger partial charge in [0.05, 0.1) is 7.11 Å². The van der Waals surface area contributed by atoms with E-state index < -0.39 is 0 Å². The predicted molar refractivity (Wildman–Crippen MR) is 114 cm³/mol. The SMILES string of the molecule is COc1ccc(Cl)cc1CNC(=O)N1CCCN(C(=O)c2cccc(C)c2)CC1. The second-order valence-electron chi connectivity index (χ2n) is 7.12. The average Bonchev–Trinajstić information content (AvgIpc) is 2.98. The molecule has 1 fully saturated rings. The molecule has 0 unspecified atom stereocenters. The van der Waals surface area contributed by atoms with Gasteiger partial charge in [0.1, 0.15) is 5.75 Å². The molecule has 6 nitrogen and oxygen atoms in total. The fourth-order valence-electron chi connectivity index (χ4n) is 3.45. The van der Waals surface area contributed by atoms with E-state index in [2.05, 4.69) is 5.32 Å². The zero-order valence-electron chi connectivity index (χ0n) is 16.8. The van der Waals surface area contributed by atoms with Gasteiger partial charge >= 0.3 is 6.03 Å². The van der Waals surface area contributed by atoms with E-state index in [1.807, 2.05) is 36.1 Å². The lowest BCUT2D eigenvalue weighted by Crippen LogP contribution is -2.42. The van der Waals surface area contributed by atoms with Gasteiger partial charge in [-0.1, -0.05) is 29.3 Å². The first-order valence-corrected chi connectivity index (χ1v) is 10.1. The number of nitrogens with one attached hydrogen (secondary N) is 1. The Bertz CT molecular complexity index is 887. The standard InChI is InChI=1S/C22H26ClN3O3/c1-16-5-3-6-17(13-16)21(27)25-9-4-10-26(12-11-25)22(28)24-15-18-14-19(23)7-8-20(18)29-2/h3,5-8,13-14H,4,9-12,15H2,1-2H3,(H,24,28). The fraction of sp³-hybridized carbons (Fsp3) is 0.364. The molecule has 2 aromatic carbocycles. The number of rotatable bonds is 4. The Morgan fingerprint density at radius 2 is 1.83 bits per heavy atom. The number of ether oxygens (including phenoxy) is 1. The predicted octanol–water partition coefficient (Wildman–Crippen LogP) is 3.71. The number of aryl methyl sites for hydroxylation is 1. The number of methoxy groups -OCH3 is 1. The van der Waals surface area contributed by atoms with Gasteiger partial charge in [-0.2, -0.15) is 0 Å². The summed E-state index contributed by atoms with van der Waals surface area (Å²) in [6.07, 6.45) is 0.742. The Kier molecular flexibility index (Phi) is 6.99. The summed E-state index contributed by atoms with van der Waals surface area (Å²) in [5.74, 6) is 0.695. The van der Waals surface area contributed by atoms with Gasteiger partial charge < -0.3 is 19.9 Å². The molecule has 3 rings (SSSR count). The van der Waals surface area contributed by atoms with Gasteiger partial charge in [0, 0.05) is 48.9 Å². The highest BCUT2D eigenvalue weighted by Crippen LogP contribution is 2.22. The summed E-state index contributed by atoms with van der Waals surface area (Å²) in [5, 5.41) is 3.52. The van der Waals surface area contributed by atoms with Gasteiger partial charge in [0.15, 0.2) is 0 Å². The second kappa shape index (κ2) is 9.65. The first-order chi connectivity index (χ1) is 14.0. The first-order valence-electron chi connectivity index (χ1n) is 9.69. The molecule has 0 aliphatic carbocycles. The van der Waals surface area contributed by atoms with Crippen molar-refractivity contribution in [3.8, 4) is 5.75 Å². The Labute approximate surface area is 176 Å². The van der Waals surface area contributed by atoms with E-state index in [1.165, 1.54) is 0 Å². The van der Waals surface area contributed by atoms with Crippen LogP contribution in [0.1, 0.15) is 27.9 Å². The van der Waals surface area contributed by atoms with E-state index in [0.717, 1.165) is 17.5 Å². The van der Waals surface area contributed by atoms with E-state index in [0.29, 0.717) is 49.1 Å². The number of nitrogens with zero attached hydrogens (tertiary/aromatic N) is 2. The van der Waals surface area contributed by atoms with Crippen LogP contribution in [-0.2, 0) is 6.54 Å². The number of hydrogen-bond acceptors (Lipinski definition) is 3. The van der Waals surface area contributed by atoms with Crippen LogP contribution in [0.4, 0.5) is 4.79 Å². The lowest BCUT2D eigenvalue weighted by atomic mass is 10.1. The van der Waals surface area contributed by atoms with E-state index in [4.69, 9.17) is 16.3 Å². The number of halogens is 1. The van der Waals surface area contributed by atoms with Gasteiger partial charge in [-0.25, -0.2) is 4.79 Å². The van der Waals surface area contributed by atoms with Crippen molar-refractivity contribution >= 4 is 23.5 Å².